The number of nitrogens with one attached hydrogen (secondary N) is 1. The molecular weight excluding hydrogens is 138 g/mol. The van der Waals surface area contributed by atoms with Crippen LogP contribution in [0.25, 0.3) is 0 Å². The van der Waals surface area contributed by atoms with Crippen molar-refractivity contribution in [3.05, 3.63) is 0 Å². The molecule has 2 aliphatic rings. The van der Waals surface area contributed by atoms with E-state index >= 15 is 0 Å². The first-order chi connectivity index (χ1) is 5.31. The number of carbonyl (C=O) groups excluding carboxylic acids is 1. The number of carbonyl (C=O) groups is 1. The summed E-state index contributed by atoms with van der Waals surface area (Å²) in [6.45, 7) is 0. The van der Waals surface area contributed by atoms with E-state index in [4.69, 9.17) is 0 Å². The zero-order valence-electron chi connectivity index (χ0n) is 6.97. The maximum absolute atomic E-state index is 11.3. The van der Waals surface area contributed by atoms with Crippen LogP contribution in [0.2, 0.25) is 0 Å². The highest BCUT2D eigenvalue weighted by atomic mass is 16.1. The van der Waals surface area contributed by atoms with E-state index in [1.807, 2.05) is 7.05 Å². The van der Waals surface area contributed by atoms with E-state index < -0.39 is 0 Å². The molecule has 0 aromatic rings. The van der Waals surface area contributed by atoms with Crippen LogP contribution in [0.1, 0.15) is 25.7 Å². The van der Waals surface area contributed by atoms with Gasteiger partial charge in [-0.15, -0.1) is 0 Å². The van der Waals surface area contributed by atoms with Gasteiger partial charge in [0.15, 0.2) is 0 Å². The van der Waals surface area contributed by atoms with Crippen LogP contribution in [0.4, 0.5) is 0 Å². The van der Waals surface area contributed by atoms with E-state index in [9.17, 15) is 4.79 Å². The third-order valence-corrected chi connectivity index (χ3v) is 3.28. The molecule has 0 aromatic carbocycles. The molecule has 3 atom stereocenters. The number of hydrogen-bond acceptors (Lipinski definition) is 2. The zero-order valence-corrected chi connectivity index (χ0v) is 6.97. The van der Waals surface area contributed by atoms with Crippen molar-refractivity contribution in [2.24, 2.45) is 11.8 Å². The number of Topliss-reactive ketones (excluding diaryl/α,β-unsaturated/α-hetero) is 1. The predicted octanol–water partition coefficient (Wildman–Crippen LogP) is 0.964. The van der Waals surface area contributed by atoms with Gasteiger partial charge >= 0.3 is 0 Å². The van der Waals surface area contributed by atoms with Crippen molar-refractivity contribution < 1.29 is 4.79 Å². The van der Waals surface area contributed by atoms with Crippen molar-refractivity contribution in [3.8, 4) is 0 Å². The average Bonchev–Trinajstić information content (AvgIpc) is 2.53. The minimum absolute atomic E-state index is 0.424. The van der Waals surface area contributed by atoms with E-state index in [0.29, 0.717) is 17.7 Å². The van der Waals surface area contributed by atoms with Gasteiger partial charge in [-0.1, -0.05) is 0 Å². The van der Waals surface area contributed by atoms with Crippen LogP contribution in [0, 0.1) is 11.8 Å². The lowest BCUT2D eigenvalue weighted by Crippen LogP contribution is -2.22. The average molecular weight is 153 g/mol. The van der Waals surface area contributed by atoms with Gasteiger partial charge in [-0.2, -0.15) is 0 Å². The molecule has 0 amide bonds. The Hall–Kier alpha value is -0.370. The van der Waals surface area contributed by atoms with Crippen LogP contribution < -0.4 is 5.32 Å². The van der Waals surface area contributed by atoms with Gasteiger partial charge in [0.1, 0.15) is 5.78 Å². The van der Waals surface area contributed by atoms with E-state index in [1.165, 1.54) is 6.42 Å². The van der Waals surface area contributed by atoms with Crippen molar-refractivity contribution in [1.29, 1.82) is 0 Å². The van der Waals surface area contributed by atoms with Crippen LogP contribution in [-0.4, -0.2) is 18.9 Å². The summed E-state index contributed by atoms with van der Waals surface area (Å²) in [7, 11) is 2.00. The molecule has 11 heavy (non-hydrogen) atoms. The maximum Gasteiger partial charge on any atom is 0.136 e. The largest absolute Gasteiger partial charge is 0.317 e. The van der Waals surface area contributed by atoms with E-state index in [0.717, 1.165) is 25.2 Å². The molecule has 0 aliphatic heterocycles. The van der Waals surface area contributed by atoms with Crippen LogP contribution in [0.5, 0.6) is 0 Å². The lowest BCUT2D eigenvalue weighted by Gasteiger charge is -2.07. The highest BCUT2D eigenvalue weighted by molar-refractivity contribution is 5.83. The fraction of sp³-hybridized carbons (Fsp3) is 0.889. The van der Waals surface area contributed by atoms with Gasteiger partial charge in [-0.3, -0.25) is 4.79 Å². The molecule has 2 aliphatic carbocycles. The molecule has 0 bridgehead atoms. The Labute approximate surface area is 67.4 Å². The quantitative estimate of drug-likeness (QED) is 0.608. The van der Waals surface area contributed by atoms with Gasteiger partial charge in [-0.05, 0) is 32.2 Å². The minimum atomic E-state index is 0.424. The summed E-state index contributed by atoms with van der Waals surface area (Å²) in [5.41, 5.74) is 0. The normalized spacial score (nSPS) is 43.0. The Morgan fingerprint density at radius 1 is 1.45 bits per heavy atom. The highest BCUT2D eigenvalue weighted by Crippen LogP contribution is 2.41. The van der Waals surface area contributed by atoms with Crippen LogP contribution in [-0.2, 0) is 4.79 Å². The minimum Gasteiger partial charge on any atom is -0.317 e. The smallest absolute Gasteiger partial charge is 0.136 e. The summed E-state index contributed by atoms with van der Waals surface area (Å²) in [4.78, 5) is 11.3. The number of fused-ring (bicyclic) bond motifs is 1. The van der Waals surface area contributed by atoms with Gasteiger partial charge in [0.05, 0.1) is 0 Å². The molecule has 1 N–H and O–H groups in total. The summed E-state index contributed by atoms with van der Waals surface area (Å²) in [5.74, 6) is 1.67. The Kier molecular flexibility index (Phi) is 1.72. The Morgan fingerprint density at radius 3 is 2.91 bits per heavy atom. The first kappa shape index (κ1) is 7.29. The fourth-order valence-corrected chi connectivity index (χ4v) is 2.59. The van der Waals surface area contributed by atoms with Crippen LogP contribution >= 0.6 is 0 Å². The van der Waals surface area contributed by atoms with Gasteiger partial charge in [0, 0.05) is 18.4 Å². The summed E-state index contributed by atoms with van der Waals surface area (Å²) in [5, 5.41) is 3.26. The summed E-state index contributed by atoms with van der Waals surface area (Å²) < 4.78 is 0. The molecule has 2 fully saturated rings. The Bertz CT molecular complexity index is 178. The van der Waals surface area contributed by atoms with E-state index in [-0.39, 0.29) is 0 Å². The standard InChI is InChI=1S/C9H15NO/c1-10-7-4-6-2-3-9(11)8(6)5-7/h6-8,10H,2-5H2,1H3. The number of ketones is 1. The van der Waals surface area contributed by atoms with Gasteiger partial charge in [0.25, 0.3) is 0 Å². The van der Waals surface area contributed by atoms with Crippen molar-refractivity contribution in [2.45, 2.75) is 31.7 Å². The van der Waals surface area contributed by atoms with E-state index in [2.05, 4.69) is 5.32 Å². The summed E-state index contributed by atoms with van der Waals surface area (Å²) >= 11 is 0. The second kappa shape index (κ2) is 2.59. The highest BCUT2D eigenvalue weighted by Gasteiger charge is 2.41. The Morgan fingerprint density at radius 2 is 2.27 bits per heavy atom. The predicted molar refractivity (Wildman–Crippen MR) is 43.3 cm³/mol. The van der Waals surface area contributed by atoms with E-state index in [1.54, 1.807) is 0 Å². The van der Waals surface area contributed by atoms with Gasteiger partial charge in [-0.25, -0.2) is 0 Å². The number of rotatable bonds is 1. The van der Waals surface area contributed by atoms with Gasteiger partial charge in [0.2, 0.25) is 0 Å². The number of hydrogen-bond donors (Lipinski definition) is 1. The maximum atomic E-state index is 11.3. The molecule has 0 heterocycles. The third kappa shape index (κ3) is 1.09. The monoisotopic (exact) mass is 153 g/mol. The molecule has 2 rings (SSSR count). The second-order valence-corrected chi connectivity index (χ2v) is 3.83. The molecule has 2 heteroatoms. The SMILES string of the molecule is CNC1CC2CCC(=O)C2C1. The van der Waals surface area contributed by atoms with Crippen molar-refractivity contribution >= 4 is 5.78 Å². The van der Waals surface area contributed by atoms with Crippen LogP contribution in [0.15, 0.2) is 0 Å². The topological polar surface area (TPSA) is 29.1 Å². The van der Waals surface area contributed by atoms with Crippen molar-refractivity contribution in [2.75, 3.05) is 7.05 Å². The zero-order chi connectivity index (χ0) is 7.84. The molecule has 62 valence electrons. The molecule has 0 radical (unpaired) electrons. The molecule has 0 aromatic heterocycles. The van der Waals surface area contributed by atoms with Crippen molar-refractivity contribution in [3.63, 3.8) is 0 Å². The first-order valence-corrected chi connectivity index (χ1v) is 4.51. The molecule has 3 unspecified atom stereocenters. The third-order valence-electron chi connectivity index (χ3n) is 3.28. The molecule has 2 nitrogen and oxygen atoms in total. The first-order valence-electron chi connectivity index (χ1n) is 4.51. The Balaban J connectivity index is 2.04. The summed E-state index contributed by atoms with van der Waals surface area (Å²) in [6.07, 6.45) is 4.33. The fourth-order valence-electron chi connectivity index (χ4n) is 2.59. The lowest BCUT2D eigenvalue weighted by atomic mass is 10.0. The molecular formula is C9H15NO. The second-order valence-electron chi connectivity index (χ2n) is 3.83. The lowest BCUT2D eigenvalue weighted by molar-refractivity contribution is -0.120. The van der Waals surface area contributed by atoms with Gasteiger partial charge < -0.3 is 5.32 Å². The molecule has 0 saturated heterocycles. The van der Waals surface area contributed by atoms with Crippen molar-refractivity contribution in [1.82, 2.24) is 5.32 Å². The molecule has 0 spiro atoms. The summed E-state index contributed by atoms with van der Waals surface area (Å²) in [6, 6.07) is 0.620. The van der Waals surface area contributed by atoms with Crippen LogP contribution in [0.3, 0.4) is 0 Å². The molecule has 2 saturated carbocycles.